The highest BCUT2D eigenvalue weighted by Gasteiger charge is 2.21. The molecule has 0 bridgehead atoms. The summed E-state index contributed by atoms with van der Waals surface area (Å²) in [5, 5.41) is 2.31. The van der Waals surface area contributed by atoms with Gasteiger partial charge in [0.15, 0.2) is 11.5 Å². The van der Waals surface area contributed by atoms with Crippen LogP contribution in [-0.4, -0.2) is 29.4 Å². The summed E-state index contributed by atoms with van der Waals surface area (Å²) in [5.41, 5.74) is 3.09. The number of nitrogens with zero attached hydrogens (tertiary/aromatic N) is 2. The Bertz CT molecular complexity index is 1220. The quantitative estimate of drug-likeness (QED) is 0.262. The molecule has 34 heavy (non-hydrogen) atoms. The molecule has 174 valence electrons. The van der Waals surface area contributed by atoms with Gasteiger partial charge in [-0.05, 0) is 52.8 Å². The average Bonchev–Trinajstić information content (AvgIpc) is 3.32. The number of carbonyl (C=O) groups is 1. The van der Waals surface area contributed by atoms with Crippen LogP contribution in [-0.2, 0) is 19.6 Å². The third-order valence-electron chi connectivity index (χ3n) is 5.33. The second-order valence-corrected chi connectivity index (χ2v) is 9.02. The third kappa shape index (κ3) is 6.16. The molecule has 2 aromatic carbocycles. The first-order chi connectivity index (χ1) is 16.6. The molecule has 7 heteroatoms. The Morgan fingerprint density at radius 2 is 1.82 bits per heavy atom. The van der Waals surface area contributed by atoms with Crippen LogP contribution in [0, 0.1) is 0 Å². The molecule has 0 N–H and O–H groups in total. The van der Waals surface area contributed by atoms with Gasteiger partial charge in [-0.2, -0.15) is 0 Å². The van der Waals surface area contributed by atoms with Gasteiger partial charge in [0.1, 0.15) is 11.5 Å². The number of methoxy groups -OCH3 is 1. The maximum absolute atomic E-state index is 13.3. The summed E-state index contributed by atoms with van der Waals surface area (Å²) in [6.07, 6.45) is 4.26. The first kappa shape index (κ1) is 23.8. The molecule has 0 saturated heterocycles. The van der Waals surface area contributed by atoms with Gasteiger partial charge in [0, 0.05) is 25.5 Å². The highest BCUT2D eigenvalue weighted by atomic mass is 35.5. The summed E-state index contributed by atoms with van der Waals surface area (Å²) in [6, 6.07) is 21.4. The topological polar surface area (TPSA) is 51.7 Å². The number of aromatic nitrogens is 1. The zero-order valence-corrected chi connectivity index (χ0v) is 20.4. The molecule has 1 amide bonds. The molecule has 0 unspecified atom stereocenters. The van der Waals surface area contributed by atoms with Gasteiger partial charge in [0.05, 0.1) is 12.1 Å². The Labute approximate surface area is 208 Å². The number of carbonyl (C=O) groups excluding carboxylic acids is 1. The standard InChI is InChI=1S/C27H25ClN2O3S/c1-32-25-16-22(9-10-24(25)33-19-21-6-3-2-4-7-21)18-30(14-11-20-8-5-13-29-17-20)27(31)26-23(28)12-15-34-26/h2-10,12-13,15-17H,11,14,18-19H2,1H3. The molecule has 2 aromatic heterocycles. The maximum atomic E-state index is 13.3. The molecule has 2 heterocycles. The maximum Gasteiger partial charge on any atom is 0.265 e. The molecule has 0 atom stereocenters. The van der Waals surface area contributed by atoms with Crippen LogP contribution in [0.5, 0.6) is 11.5 Å². The van der Waals surface area contributed by atoms with Gasteiger partial charge < -0.3 is 14.4 Å². The van der Waals surface area contributed by atoms with E-state index in [1.165, 1.54) is 11.3 Å². The van der Waals surface area contributed by atoms with Gasteiger partial charge in [-0.15, -0.1) is 11.3 Å². The van der Waals surface area contributed by atoms with E-state index in [0.717, 1.165) is 16.7 Å². The van der Waals surface area contributed by atoms with Crippen LogP contribution in [0.1, 0.15) is 26.4 Å². The molecular weight excluding hydrogens is 468 g/mol. The second-order valence-electron chi connectivity index (χ2n) is 7.70. The largest absolute Gasteiger partial charge is 0.493 e. The number of ether oxygens (including phenoxy) is 2. The fourth-order valence-electron chi connectivity index (χ4n) is 3.54. The number of hydrogen-bond acceptors (Lipinski definition) is 5. The molecule has 4 aromatic rings. The molecule has 0 saturated carbocycles. The van der Waals surface area contributed by atoms with Crippen molar-refractivity contribution >= 4 is 28.8 Å². The number of halogens is 1. The summed E-state index contributed by atoms with van der Waals surface area (Å²) < 4.78 is 11.6. The zero-order chi connectivity index (χ0) is 23.8. The Hall–Kier alpha value is -3.35. The van der Waals surface area contributed by atoms with Crippen molar-refractivity contribution in [2.24, 2.45) is 0 Å². The van der Waals surface area contributed by atoms with E-state index in [4.69, 9.17) is 21.1 Å². The molecule has 0 spiro atoms. The number of benzene rings is 2. The van der Waals surface area contributed by atoms with Crippen LogP contribution >= 0.6 is 22.9 Å². The number of hydrogen-bond donors (Lipinski definition) is 0. The van der Waals surface area contributed by atoms with Gasteiger partial charge in [-0.1, -0.05) is 54.1 Å². The second kappa shape index (κ2) is 11.7. The van der Waals surface area contributed by atoms with Crippen molar-refractivity contribution in [3.8, 4) is 11.5 Å². The smallest absolute Gasteiger partial charge is 0.265 e. The molecule has 0 fully saturated rings. The summed E-state index contributed by atoms with van der Waals surface area (Å²) in [7, 11) is 1.62. The van der Waals surface area contributed by atoms with Crippen molar-refractivity contribution in [1.29, 1.82) is 0 Å². The third-order valence-corrected chi connectivity index (χ3v) is 6.66. The van der Waals surface area contributed by atoms with E-state index in [0.29, 0.717) is 47.5 Å². The predicted octanol–water partition coefficient (Wildman–Crippen LogP) is 6.27. The highest BCUT2D eigenvalue weighted by Crippen LogP contribution is 2.30. The first-order valence-corrected chi connectivity index (χ1v) is 12.1. The van der Waals surface area contributed by atoms with E-state index in [-0.39, 0.29) is 5.91 Å². The lowest BCUT2D eigenvalue weighted by Crippen LogP contribution is -2.32. The fraction of sp³-hybridized carbons (Fsp3) is 0.185. The highest BCUT2D eigenvalue weighted by molar-refractivity contribution is 7.12. The van der Waals surface area contributed by atoms with Gasteiger partial charge >= 0.3 is 0 Å². The summed E-state index contributed by atoms with van der Waals surface area (Å²) in [5.74, 6) is 1.19. The van der Waals surface area contributed by atoms with Crippen molar-refractivity contribution in [2.45, 2.75) is 19.6 Å². The summed E-state index contributed by atoms with van der Waals surface area (Å²) in [4.78, 5) is 19.8. The zero-order valence-electron chi connectivity index (χ0n) is 18.8. The van der Waals surface area contributed by atoms with E-state index in [1.54, 1.807) is 19.4 Å². The van der Waals surface area contributed by atoms with Crippen LogP contribution in [0.3, 0.4) is 0 Å². The van der Waals surface area contributed by atoms with E-state index >= 15 is 0 Å². The van der Waals surface area contributed by atoms with Gasteiger partial charge in [-0.3, -0.25) is 9.78 Å². The summed E-state index contributed by atoms with van der Waals surface area (Å²) >= 11 is 7.62. The van der Waals surface area contributed by atoms with Crippen molar-refractivity contribution in [2.75, 3.05) is 13.7 Å². The molecule has 0 aliphatic rings. The van der Waals surface area contributed by atoms with Crippen LogP contribution in [0.2, 0.25) is 5.02 Å². The number of thiophene rings is 1. The van der Waals surface area contributed by atoms with Gasteiger partial charge in [0.25, 0.3) is 5.91 Å². The SMILES string of the molecule is COc1cc(CN(CCc2cccnc2)C(=O)c2sccc2Cl)ccc1OCc1ccccc1. The lowest BCUT2D eigenvalue weighted by Gasteiger charge is -2.23. The molecule has 5 nitrogen and oxygen atoms in total. The lowest BCUT2D eigenvalue weighted by molar-refractivity contribution is 0.0750. The first-order valence-electron chi connectivity index (χ1n) is 10.9. The van der Waals surface area contributed by atoms with E-state index in [1.807, 2.05) is 77.1 Å². The number of pyridine rings is 1. The molecule has 0 aliphatic heterocycles. The van der Waals surface area contributed by atoms with E-state index in [9.17, 15) is 4.79 Å². The minimum atomic E-state index is -0.0905. The Kier molecular flexibility index (Phi) is 8.17. The normalized spacial score (nSPS) is 10.6. The van der Waals surface area contributed by atoms with Crippen LogP contribution in [0.4, 0.5) is 0 Å². The Balaban J connectivity index is 1.51. The lowest BCUT2D eigenvalue weighted by atomic mass is 10.1. The van der Waals surface area contributed by atoms with Crippen molar-refractivity contribution in [3.05, 3.63) is 111 Å². The van der Waals surface area contributed by atoms with Crippen LogP contribution < -0.4 is 9.47 Å². The minimum Gasteiger partial charge on any atom is -0.493 e. The van der Waals surface area contributed by atoms with Crippen molar-refractivity contribution < 1.29 is 14.3 Å². The Morgan fingerprint density at radius 3 is 2.53 bits per heavy atom. The van der Waals surface area contributed by atoms with Gasteiger partial charge in [0.2, 0.25) is 0 Å². The van der Waals surface area contributed by atoms with Crippen molar-refractivity contribution in [1.82, 2.24) is 9.88 Å². The van der Waals surface area contributed by atoms with Gasteiger partial charge in [-0.25, -0.2) is 0 Å². The molecular formula is C27H25ClN2O3S. The fourth-order valence-corrected chi connectivity index (χ4v) is 4.64. The van der Waals surface area contributed by atoms with Crippen LogP contribution in [0.15, 0.2) is 84.5 Å². The predicted molar refractivity (Wildman–Crippen MR) is 136 cm³/mol. The van der Waals surface area contributed by atoms with E-state index in [2.05, 4.69) is 4.98 Å². The average molecular weight is 493 g/mol. The monoisotopic (exact) mass is 492 g/mol. The number of rotatable bonds is 10. The minimum absolute atomic E-state index is 0.0905. The Morgan fingerprint density at radius 1 is 1.00 bits per heavy atom. The number of amides is 1. The van der Waals surface area contributed by atoms with Crippen LogP contribution in [0.25, 0.3) is 0 Å². The summed E-state index contributed by atoms with van der Waals surface area (Å²) in [6.45, 7) is 1.40. The van der Waals surface area contributed by atoms with E-state index < -0.39 is 0 Å². The van der Waals surface area contributed by atoms with Crippen molar-refractivity contribution in [3.63, 3.8) is 0 Å². The molecule has 0 aliphatic carbocycles. The molecule has 0 radical (unpaired) electrons. The molecule has 4 rings (SSSR count).